The fourth-order valence-corrected chi connectivity index (χ4v) is 4.15. The molecule has 0 fully saturated rings. The zero-order chi connectivity index (χ0) is 19.2. The predicted octanol–water partition coefficient (Wildman–Crippen LogP) is 6.00. The Hall–Kier alpha value is -2.09. The molecule has 0 atom stereocenters. The maximum Gasteiger partial charge on any atom is 0.267 e. The van der Waals surface area contributed by atoms with Crippen molar-refractivity contribution in [3.63, 3.8) is 0 Å². The Labute approximate surface area is 158 Å². The quantitative estimate of drug-likeness (QED) is 0.513. The molecule has 138 valence electrons. The van der Waals surface area contributed by atoms with Gasteiger partial charge in [0.2, 0.25) is 0 Å². The number of benzene rings is 2. The van der Waals surface area contributed by atoms with Gasteiger partial charge in [-0.2, -0.15) is 4.57 Å². The van der Waals surface area contributed by atoms with Gasteiger partial charge in [-0.3, -0.25) is 0 Å². The number of fused-ring (bicyclic) bond motifs is 1. The minimum atomic E-state index is 0.0338. The van der Waals surface area contributed by atoms with Gasteiger partial charge in [-0.1, -0.05) is 58.0 Å². The molecule has 0 spiro atoms. The fraction of sp³-hybridized carbons (Fsp3) is 0.458. The van der Waals surface area contributed by atoms with Crippen LogP contribution in [0.4, 0.5) is 0 Å². The van der Waals surface area contributed by atoms with Crippen LogP contribution in [0.15, 0.2) is 42.5 Å². The van der Waals surface area contributed by atoms with Crippen LogP contribution in [0.5, 0.6) is 0 Å². The van der Waals surface area contributed by atoms with Crippen LogP contribution in [0.1, 0.15) is 77.3 Å². The normalized spacial score (nSPS) is 12.5. The molecule has 2 nitrogen and oxygen atoms in total. The summed E-state index contributed by atoms with van der Waals surface area (Å²) in [6.07, 6.45) is 0. The van der Waals surface area contributed by atoms with Gasteiger partial charge < -0.3 is 0 Å². The Kier molecular flexibility index (Phi) is 4.72. The number of hydrogen-bond acceptors (Lipinski definition) is 0. The first-order valence-electron chi connectivity index (χ1n) is 9.77. The molecular formula is C24H33N2+. The summed E-state index contributed by atoms with van der Waals surface area (Å²) in [5.74, 6) is 2.29. The largest absolute Gasteiger partial charge is 0.267 e. The number of aryl methyl sites for hydroxylation is 1. The van der Waals surface area contributed by atoms with E-state index in [2.05, 4.69) is 107 Å². The highest BCUT2D eigenvalue weighted by molar-refractivity contribution is 5.76. The highest BCUT2D eigenvalue weighted by atomic mass is 15.2. The Balaban J connectivity index is 2.55. The number of rotatable bonds is 3. The lowest BCUT2D eigenvalue weighted by atomic mass is 9.90. The monoisotopic (exact) mass is 349 g/mol. The van der Waals surface area contributed by atoms with Gasteiger partial charge in [0.25, 0.3) is 5.82 Å². The summed E-state index contributed by atoms with van der Waals surface area (Å²) >= 11 is 0. The number of nitrogens with zero attached hydrogens (tertiary/aromatic N) is 2. The first kappa shape index (κ1) is 18.7. The summed E-state index contributed by atoms with van der Waals surface area (Å²) in [5.41, 5.74) is 6.82. The van der Waals surface area contributed by atoms with Crippen LogP contribution in [0.25, 0.3) is 16.7 Å². The molecule has 0 N–H and O–H groups in total. The van der Waals surface area contributed by atoms with Gasteiger partial charge in [0, 0.05) is 11.1 Å². The minimum Gasteiger partial charge on any atom is -0.229 e. The molecule has 0 aliphatic rings. The molecular weight excluding hydrogens is 316 g/mol. The summed E-state index contributed by atoms with van der Waals surface area (Å²) in [5, 5.41) is 0. The number of hydrogen-bond donors (Lipinski definition) is 0. The molecule has 2 aromatic carbocycles. The molecule has 0 amide bonds. The molecule has 0 aliphatic heterocycles. The van der Waals surface area contributed by atoms with Crippen molar-refractivity contribution in [1.29, 1.82) is 0 Å². The lowest BCUT2D eigenvalue weighted by molar-refractivity contribution is -0.657. The summed E-state index contributed by atoms with van der Waals surface area (Å²) in [7, 11) is 2.20. The van der Waals surface area contributed by atoms with Crippen molar-refractivity contribution in [2.45, 2.75) is 65.7 Å². The van der Waals surface area contributed by atoms with Gasteiger partial charge in [0.15, 0.2) is 11.0 Å². The summed E-state index contributed by atoms with van der Waals surface area (Å²) in [4.78, 5) is 0. The topological polar surface area (TPSA) is 8.81 Å². The molecule has 26 heavy (non-hydrogen) atoms. The van der Waals surface area contributed by atoms with Gasteiger partial charge in [0.05, 0.1) is 12.5 Å². The molecule has 3 aromatic rings. The molecule has 0 unspecified atom stereocenters. The van der Waals surface area contributed by atoms with E-state index in [9.17, 15) is 0 Å². The Morgan fingerprint density at radius 3 is 1.85 bits per heavy atom. The Bertz CT molecular complexity index is 910. The lowest BCUT2D eigenvalue weighted by Gasteiger charge is -2.21. The average Bonchev–Trinajstić information content (AvgIpc) is 2.87. The molecule has 3 rings (SSSR count). The van der Waals surface area contributed by atoms with Crippen molar-refractivity contribution in [1.82, 2.24) is 4.57 Å². The van der Waals surface area contributed by atoms with Crippen LogP contribution in [0.3, 0.4) is 0 Å². The van der Waals surface area contributed by atoms with E-state index in [-0.39, 0.29) is 5.41 Å². The summed E-state index contributed by atoms with van der Waals surface area (Å²) < 4.78 is 4.90. The molecule has 2 heteroatoms. The third kappa shape index (κ3) is 2.96. The first-order chi connectivity index (χ1) is 12.1. The van der Waals surface area contributed by atoms with E-state index in [0.29, 0.717) is 11.8 Å². The summed E-state index contributed by atoms with van der Waals surface area (Å²) in [6, 6.07) is 15.6. The van der Waals surface area contributed by atoms with Crippen LogP contribution in [0, 0.1) is 0 Å². The van der Waals surface area contributed by atoms with E-state index in [4.69, 9.17) is 0 Å². The maximum absolute atomic E-state index is 2.53. The van der Waals surface area contributed by atoms with Crippen LogP contribution >= 0.6 is 0 Å². The highest BCUT2D eigenvalue weighted by Crippen LogP contribution is 2.36. The first-order valence-corrected chi connectivity index (χ1v) is 9.77. The summed E-state index contributed by atoms with van der Waals surface area (Å²) in [6.45, 7) is 16.1. The van der Waals surface area contributed by atoms with E-state index in [0.717, 1.165) is 0 Å². The SMILES string of the molecule is CC(C)c1cccc(C(C)C)c1-n1c(C(C)(C)C)[n+](C)c2ccccc21. The third-order valence-electron chi connectivity index (χ3n) is 5.25. The van der Waals surface area contributed by atoms with Gasteiger partial charge in [-0.15, -0.1) is 0 Å². The number of para-hydroxylation sites is 3. The third-order valence-corrected chi connectivity index (χ3v) is 5.25. The second kappa shape index (κ2) is 6.57. The van der Waals surface area contributed by atoms with E-state index in [1.165, 1.54) is 33.7 Å². The second-order valence-electron chi connectivity index (χ2n) is 9.05. The Morgan fingerprint density at radius 1 is 0.808 bits per heavy atom. The van der Waals surface area contributed by atoms with Gasteiger partial charge in [-0.05, 0) is 44.7 Å². The lowest BCUT2D eigenvalue weighted by Crippen LogP contribution is -2.39. The van der Waals surface area contributed by atoms with Crippen LogP contribution < -0.4 is 4.57 Å². The molecule has 1 heterocycles. The molecule has 0 saturated heterocycles. The fourth-order valence-electron chi connectivity index (χ4n) is 4.15. The van der Waals surface area contributed by atoms with Crippen molar-refractivity contribution in [3.05, 3.63) is 59.4 Å². The predicted molar refractivity (Wildman–Crippen MR) is 111 cm³/mol. The zero-order valence-electron chi connectivity index (χ0n) is 17.6. The van der Waals surface area contributed by atoms with E-state index < -0.39 is 0 Å². The number of imidazole rings is 1. The minimum absolute atomic E-state index is 0.0338. The molecule has 0 bridgehead atoms. The molecule has 0 saturated carbocycles. The maximum atomic E-state index is 2.53. The van der Waals surface area contributed by atoms with Crippen molar-refractivity contribution < 1.29 is 4.57 Å². The second-order valence-corrected chi connectivity index (χ2v) is 9.05. The van der Waals surface area contributed by atoms with Crippen molar-refractivity contribution in [2.24, 2.45) is 7.05 Å². The van der Waals surface area contributed by atoms with Gasteiger partial charge >= 0.3 is 0 Å². The van der Waals surface area contributed by atoms with E-state index >= 15 is 0 Å². The van der Waals surface area contributed by atoms with Crippen LogP contribution in [0.2, 0.25) is 0 Å². The molecule has 1 aromatic heterocycles. The zero-order valence-corrected chi connectivity index (χ0v) is 17.6. The highest BCUT2D eigenvalue weighted by Gasteiger charge is 2.36. The van der Waals surface area contributed by atoms with Gasteiger partial charge in [0.1, 0.15) is 5.69 Å². The average molecular weight is 350 g/mol. The molecule has 0 radical (unpaired) electrons. The standard InChI is InChI=1S/C24H33N2/c1-16(2)18-12-11-13-19(17(3)4)22(18)26-21-15-10-9-14-20(21)25(8)23(26)24(5,6)7/h9-17H,1-8H3/q+1. The van der Waals surface area contributed by atoms with Crippen LogP contribution in [-0.4, -0.2) is 4.57 Å². The van der Waals surface area contributed by atoms with E-state index in [1.54, 1.807) is 0 Å². The van der Waals surface area contributed by atoms with Crippen LogP contribution in [-0.2, 0) is 12.5 Å². The molecule has 0 aliphatic carbocycles. The number of aromatic nitrogens is 2. The Morgan fingerprint density at radius 2 is 1.35 bits per heavy atom. The van der Waals surface area contributed by atoms with E-state index in [1.807, 2.05) is 0 Å². The van der Waals surface area contributed by atoms with Gasteiger partial charge in [-0.25, -0.2) is 4.57 Å². The smallest absolute Gasteiger partial charge is 0.229 e. The van der Waals surface area contributed by atoms with Crippen molar-refractivity contribution in [3.8, 4) is 5.69 Å². The van der Waals surface area contributed by atoms with Crippen molar-refractivity contribution in [2.75, 3.05) is 0 Å². The van der Waals surface area contributed by atoms with Crippen molar-refractivity contribution >= 4 is 11.0 Å².